The predicted molar refractivity (Wildman–Crippen MR) is 78.9 cm³/mol. The summed E-state index contributed by atoms with van der Waals surface area (Å²) in [5, 5.41) is 3.13. The first-order valence-corrected chi connectivity index (χ1v) is 7.25. The van der Waals surface area contributed by atoms with Crippen LogP contribution in [0.1, 0.15) is 50.3 Å². The van der Waals surface area contributed by atoms with Crippen molar-refractivity contribution in [1.82, 2.24) is 5.32 Å². The molecule has 0 saturated heterocycles. The summed E-state index contributed by atoms with van der Waals surface area (Å²) in [4.78, 5) is 12.2. The summed E-state index contributed by atoms with van der Waals surface area (Å²) in [6.07, 6.45) is 8.22. The Hall–Kier alpha value is -1.57. The lowest BCUT2D eigenvalue weighted by atomic mass is 9.93. The number of hydrogen-bond donors (Lipinski definition) is 1. The van der Waals surface area contributed by atoms with Gasteiger partial charge in [-0.2, -0.15) is 0 Å². The monoisotopic (exact) mass is 257 g/mol. The van der Waals surface area contributed by atoms with Crippen LogP contribution in [0.4, 0.5) is 0 Å². The highest BCUT2D eigenvalue weighted by Gasteiger charge is 2.20. The molecule has 1 aromatic carbocycles. The zero-order valence-electron chi connectivity index (χ0n) is 11.9. The van der Waals surface area contributed by atoms with Gasteiger partial charge in [-0.1, -0.05) is 43.3 Å². The van der Waals surface area contributed by atoms with Crippen LogP contribution >= 0.6 is 0 Å². The SMILES string of the molecule is CCc1ccc(C(C)NC(=O)C2CC=CCC2)cc1. The number of rotatable bonds is 4. The van der Waals surface area contributed by atoms with Gasteiger partial charge in [0.15, 0.2) is 0 Å². The summed E-state index contributed by atoms with van der Waals surface area (Å²) in [6, 6.07) is 8.60. The normalized spacial score (nSPS) is 20.0. The van der Waals surface area contributed by atoms with Gasteiger partial charge in [-0.3, -0.25) is 4.79 Å². The second kappa shape index (κ2) is 6.55. The lowest BCUT2D eigenvalue weighted by Crippen LogP contribution is -2.33. The summed E-state index contributed by atoms with van der Waals surface area (Å²) in [7, 11) is 0. The van der Waals surface area contributed by atoms with Gasteiger partial charge in [0.2, 0.25) is 5.91 Å². The van der Waals surface area contributed by atoms with Crippen molar-refractivity contribution in [2.75, 3.05) is 0 Å². The fraction of sp³-hybridized carbons (Fsp3) is 0.471. The Morgan fingerprint density at radius 2 is 2.05 bits per heavy atom. The fourth-order valence-electron chi connectivity index (χ4n) is 2.49. The molecule has 0 radical (unpaired) electrons. The molecule has 1 aliphatic rings. The molecule has 0 spiro atoms. The second-order valence-electron chi connectivity index (χ2n) is 5.31. The molecule has 2 rings (SSSR count). The van der Waals surface area contributed by atoms with Crippen LogP contribution in [0.3, 0.4) is 0 Å². The van der Waals surface area contributed by atoms with Crippen LogP contribution in [0.25, 0.3) is 0 Å². The first-order valence-electron chi connectivity index (χ1n) is 7.25. The van der Waals surface area contributed by atoms with Gasteiger partial charge in [-0.15, -0.1) is 0 Å². The van der Waals surface area contributed by atoms with Gasteiger partial charge in [0.25, 0.3) is 0 Å². The lowest BCUT2D eigenvalue weighted by molar-refractivity contribution is -0.125. The molecule has 1 amide bonds. The van der Waals surface area contributed by atoms with Gasteiger partial charge in [-0.05, 0) is 43.7 Å². The Bertz CT molecular complexity index is 447. The Kier molecular flexibility index (Phi) is 4.78. The summed E-state index contributed by atoms with van der Waals surface area (Å²) in [5.74, 6) is 0.346. The molecule has 2 atom stereocenters. The fourth-order valence-corrected chi connectivity index (χ4v) is 2.49. The van der Waals surface area contributed by atoms with E-state index in [0.717, 1.165) is 25.7 Å². The smallest absolute Gasteiger partial charge is 0.223 e. The number of carbonyl (C=O) groups is 1. The zero-order chi connectivity index (χ0) is 13.7. The Labute approximate surface area is 115 Å². The highest BCUT2D eigenvalue weighted by atomic mass is 16.1. The number of hydrogen-bond acceptors (Lipinski definition) is 1. The number of amides is 1. The lowest BCUT2D eigenvalue weighted by Gasteiger charge is -2.21. The number of aryl methyl sites for hydroxylation is 1. The topological polar surface area (TPSA) is 29.1 Å². The molecule has 0 aliphatic heterocycles. The average Bonchev–Trinajstić information content (AvgIpc) is 2.48. The van der Waals surface area contributed by atoms with E-state index in [2.05, 4.69) is 55.6 Å². The van der Waals surface area contributed by atoms with Gasteiger partial charge in [0, 0.05) is 5.92 Å². The molecule has 0 aromatic heterocycles. The van der Waals surface area contributed by atoms with Crippen molar-refractivity contribution in [3.63, 3.8) is 0 Å². The van der Waals surface area contributed by atoms with E-state index in [4.69, 9.17) is 0 Å². The van der Waals surface area contributed by atoms with Crippen molar-refractivity contribution in [3.05, 3.63) is 47.5 Å². The Balaban J connectivity index is 1.93. The van der Waals surface area contributed by atoms with Gasteiger partial charge < -0.3 is 5.32 Å². The molecule has 0 heterocycles. The molecular formula is C17H23NO. The first-order chi connectivity index (χ1) is 9.20. The van der Waals surface area contributed by atoms with Gasteiger partial charge in [-0.25, -0.2) is 0 Å². The van der Waals surface area contributed by atoms with Crippen molar-refractivity contribution in [1.29, 1.82) is 0 Å². The third-order valence-corrected chi connectivity index (χ3v) is 3.89. The maximum atomic E-state index is 12.2. The Morgan fingerprint density at radius 1 is 1.32 bits per heavy atom. The molecule has 1 aliphatic carbocycles. The number of benzene rings is 1. The number of allylic oxidation sites excluding steroid dienone is 2. The van der Waals surface area contributed by atoms with Crippen LogP contribution in [0, 0.1) is 5.92 Å². The molecule has 19 heavy (non-hydrogen) atoms. The van der Waals surface area contributed by atoms with E-state index in [1.54, 1.807) is 0 Å². The molecule has 2 nitrogen and oxygen atoms in total. The standard InChI is InChI=1S/C17H23NO/c1-3-14-9-11-15(12-10-14)13(2)18-17(19)16-7-5-4-6-8-16/h4-5,9-13,16H,3,6-8H2,1-2H3,(H,18,19). The van der Waals surface area contributed by atoms with Crippen LogP contribution in [0.15, 0.2) is 36.4 Å². The summed E-state index contributed by atoms with van der Waals surface area (Å²) in [6.45, 7) is 4.20. The van der Waals surface area contributed by atoms with Crippen molar-refractivity contribution < 1.29 is 4.79 Å². The maximum absolute atomic E-state index is 12.2. The molecule has 2 unspecified atom stereocenters. The van der Waals surface area contributed by atoms with E-state index < -0.39 is 0 Å². The molecule has 1 aromatic rings. The highest BCUT2D eigenvalue weighted by molar-refractivity contribution is 5.79. The molecule has 0 saturated carbocycles. The number of carbonyl (C=O) groups excluding carboxylic acids is 1. The molecule has 102 valence electrons. The minimum Gasteiger partial charge on any atom is -0.349 e. The average molecular weight is 257 g/mol. The molecule has 0 bridgehead atoms. The van der Waals surface area contributed by atoms with E-state index >= 15 is 0 Å². The van der Waals surface area contributed by atoms with Crippen LogP contribution in [-0.4, -0.2) is 5.91 Å². The quantitative estimate of drug-likeness (QED) is 0.817. The highest BCUT2D eigenvalue weighted by Crippen LogP contribution is 2.20. The van der Waals surface area contributed by atoms with Gasteiger partial charge in [0.05, 0.1) is 6.04 Å². The predicted octanol–water partition coefficient (Wildman–Crippen LogP) is 3.78. The maximum Gasteiger partial charge on any atom is 0.223 e. The van der Waals surface area contributed by atoms with Crippen molar-refractivity contribution in [3.8, 4) is 0 Å². The van der Waals surface area contributed by atoms with Crippen molar-refractivity contribution in [2.24, 2.45) is 5.92 Å². The van der Waals surface area contributed by atoms with Crippen LogP contribution < -0.4 is 5.32 Å². The van der Waals surface area contributed by atoms with Gasteiger partial charge >= 0.3 is 0 Å². The zero-order valence-corrected chi connectivity index (χ0v) is 11.9. The van der Waals surface area contributed by atoms with Crippen molar-refractivity contribution >= 4 is 5.91 Å². The minimum atomic E-state index is 0.0873. The van der Waals surface area contributed by atoms with E-state index in [1.165, 1.54) is 11.1 Å². The molecular weight excluding hydrogens is 234 g/mol. The van der Waals surface area contributed by atoms with Gasteiger partial charge in [0.1, 0.15) is 0 Å². The van der Waals surface area contributed by atoms with Crippen LogP contribution in [-0.2, 0) is 11.2 Å². The minimum absolute atomic E-state index is 0.0873. The number of nitrogens with one attached hydrogen (secondary N) is 1. The molecule has 1 N–H and O–H groups in total. The Morgan fingerprint density at radius 3 is 2.63 bits per heavy atom. The molecule has 0 fully saturated rings. The summed E-state index contributed by atoms with van der Waals surface area (Å²) in [5.41, 5.74) is 2.51. The van der Waals surface area contributed by atoms with E-state index in [-0.39, 0.29) is 17.9 Å². The van der Waals surface area contributed by atoms with Crippen LogP contribution in [0.2, 0.25) is 0 Å². The molecule has 2 heteroatoms. The third-order valence-electron chi connectivity index (χ3n) is 3.89. The first kappa shape index (κ1) is 13.9. The van der Waals surface area contributed by atoms with Crippen molar-refractivity contribution in [2.45, 2.75) is 45.6 Å². The third kappa shape index (κ3) is 3.69. The second-order valence-corrected chi connectivity index (χ2v) is 5.31. The summed E-state index contributed by atoms with van der Waals surface area (Å²) >= 11 is 0. The summed E-state index contributed by atoms with van der Waals surface area (Å²) < 4.78 is 0. The van der Waals surface area contributed by atoms with E-state index in [0.29, 0.717) is 0 Å². The van der Waals surface area contributed by atoms with Crippen LogP contribution in [0.5, 0.6) is 0 Å². The largest absolute Gasteiger partial charge is 0.349 e. The van der Waals surface area contributed by atoms with E-state index in [1.807, 2.05) is 0 Å². The van der Waals surface area contributed by atoms with E-state index in [9.17, 15) is 4.79 Å².